The van der Waals surface area contributed by atoms with Gasteiger partial charge in [0.2, 0.25) is 0 Å². The smallest absolute Gasteiger partial charge is 0.309 e. The number of carbonyl (C=O) groups excluding carboxylic acids is 1. The van der Waals surface area contributed by atoms with Crippen LogP contribution >= 0.6 is 11.3 Å². The Kier molecular flexibility index (Phi) is 4.54. The number of rotatable bonds is 5. The molecule has 2 rings (SSSR count). The summed E-state index contributed by atoms with van der Waals surface area (Å²) in [6.07, 6.45) is -0.150. The Hall–Kier alpha value is -2.41. The van der Waals surface area contributed by atoms with Gasteiger partial charge in [0.05, 0.1) is 12.1 Å². The van der Waals surface area contributed by atoms with Crippen LogP contribution in [0, 0.1) is 0 Å². The Morgan fingerprint density at radius 3 is 2.81 bits per heavy atom. The number of hydrogen-bond donors (Lipinski definition) is 2. The molecule has 0 atom stereocenters. The molecule has 0 spiro atoms. The van der Waals surface area contributed by atoms with E-state index in [-0.39, 0.29) is 12.3 Å². The number of aliphatic carboxylic acids is 1. The number of carboxylic acids is 1. The zero-order valence-electron chi connectivity index (χ0n) is 11.7. The first-order valence-corrected chi connectivity index (χ1v) is 7.08. The molecule has 7 heteroatoms. The van der Waals surface area contributed by atoms with Crippen LogP contribution in [0.15, 0.2) is 29.6 Å². The van der Waals surface area contributed by atoms with Gasteiger partial charge in [-0.3, -0.25) is 14.9 Å². The lowest BCUT2D eigenvalue weighted by atomic mass is 10.2. The van der Waals surface area contributed by atoms with Crippen molar-refractivity contribution in [2.24, 2.45) is 0 Å². The molecule has 6 nitrogen and oxygen atoms in total. The molecule has 21 heavy (non-hydrogen) atoms. The van der Waals surface area contributed by atoms with Crippen molar-refractivity contribution in [3.8, 4) is 0 Å². The second kappa shape index (κ2) is 6.36. The Balaban J connectivity index is 2.09. The van der Waals surface area contributed by atoms with Gasteiger partial charge in [0.1, 0.15) is 0 Å². The van der Waals surface area contributed by atoms with Crippen LogP contribution in [0.3, 0.4) is 0 Å². The zero-order valence-corrected chi connectivity index (χ0v) is 12.5. The van der Waals surface area contributed by atoms with E-state index in [9.17, 15) is 9.59 Å². The zero-order chi connectivity index (χ0) is 15.4. The molecule has 1 amide bonds. The Bertz CT molecular complexity index is 667. The molecular weight excluding hydrogens is 290 g/mol. The fourth-order valence-electron chi connectivity index (χ4n) is 1.70. The third-order valence-corrected chi connectivity index (χ3v) is 3.54. The number of hydrogen-bond acceptors (Lipinski definition) is 5. The van der Waals surface area contributed by atoms with Crippen LogP contribution in [0.1, 0.15) is 16.1 Å². The first-order chi connectivity index (χ1) is 9.95. The third-order valence-electron chi connectivity index (χ3n) is 2.73. The van der Waals surface area contributed by atoms with E-state index in [1.165, 1.54) is 11.3 Å². The number of carbonyl (C=O) groups is 2. The molecule has 0 unspecified atom stereocenters. The van der Waals surface area contributed by atoms with Gasteiger partial charge in [-0.25, -0.2) is 4.98 Å². The Morgan fingerprint density at radius 2 is 2.14 bits per heavy atom. The Labute approximate surface area is 126 Å². The quantitative estimate of drug-likeness (QED) is 0.884. The van der Waals surface area contributed by atoms with E-state index in [1.54, 1.807) is 17.5 Å². The van der Waals surface area contributed by atoms with Crippen LogP contribution in [0.5, 0.6) is 0 Å². The van der Waals surface area contributed by atoms with Gasteiger partial charge in [-0.05, 0) is 18.2 Å². The van der Waals surface area contributed by atoms with Crippen molar-refractivity contribution in [1.29, 1.82) is 0 Å². The number of nitrogens with zero attached hydrogens (tertiary/aromatic N) is 2. The minimum atomic E-state index is -0.947. The summed E-state index contributed by atoms with van der Waals surface area (Å²) in [6.45, 7) is 0. The van der Waals surface area contributed by atoms with Crippen LogP contribution in [-0.2, 0) is 11.2 Å². The average Bonchev–Trinajstić information content (AvgIpc) is 2.85. The Morgan fingerprint density at radius 1 is 1.38 bits per heavy atom. The SMILES string of the molecule is CN(C)c1cccc(C(=O)Nc2nc(CC(=O)O)cs2)c1. The van der Waals surface area contributed by atoms with Crippen molar-refractivity contribution in [3.05, 3.63) is 40.9 Å². The molecule has 1 heterocycles. The summed E-state index contributed by atoms with van der Waals surface area (Å²) in [7, 11) is 3.80. The molecule has 0 bridgehead atoms. The molecule has 0 radical (unpaired) electrons. The number of carboxylic acid groups (broad SMARTS) is 1. The lowest BCUT2D eigenvalue weighted by molar-refractivity contribution is -0.136. The van der Waals surface area contributed by atoms with Crippen LogP contribution < -0.4 is 10.2 Å². The summed E-state index contributed by atoms with van der Waals surface area (Å²) in [5.74, 6) is -1.22. The van der Waals surface area contributed by atoms with E-state index in [0.717, 1.165) is 5.69 Å². The van der Waals surface area contributed by atoms with Crippen molar-refractivity contribution in [3.63, 3.8) is 0 Å². The van der Waals surface area contributed by atoms with Gasteiger partial charge in [-0.15, -0.1) is 11.3 Å². The maximum absolute atomic E-state index is 12.1. The minimum Gasteiger partial charge on any atom is -0.481 e. The minimum absolute atomic E-state index is 0.150. The number of thiazole rings is 1. The number of anilines is 2. The summed E-state index contributed by atoms with van der Waals surface area (Å²) < 4.78 is 0. The second-order valence-electron chi connectivity index (χ2n) is 4.61. The van der Waals surface area contributed by atoms with Gasteiger partial charge in [0, 0.05) is 30.7 Å². The summed E-state index contributed by atoms with van der Waals surface area (Å²) >= 11 is 1.21. The molecule has 0 aliphatic rings. The van der Waals surface area contributed by atoms with Crippen molar-refractivity contribution in [2.75, 3.05) is 24.3 Å². The number of nitrogens with one attached hydrogen (secondary N) is 1. The van der Waals surface area contributed by atoms with Crippen molar-refractivity contribution in [2.45, 2.75) is 6.42 Å². The normalized spacial score (nSPS) is 10.2. The topological polar surface area (TPSA) is 82.5 Å². The highest BCUT2D eigenvalue weighted by Crippen LogP contribution is 2.18. The summed E-state index contributed by atoms with van der Waals surface area (Å²) in [5.41, 5.74) is 1.88. The fourth-order valence-corrected chi connectivity index (χ4v) is 2.40. The highest BCUT2D eigenvalue weighted by atomic mass is 32.1. The lowest BCUT2D eigenvalue weighted by Gasteiger charge is -2.13. The van der Waals surface area contributed by atoms with E-state index >= 15 is 0 Å². The molecule has 1 aromatic heterocycles. The summed E-state index contributed by atoms with van der Waals surface area (Å²) in [4.78, 5) is 28.7. The third kappa shape index (κ3) is 4.03. The van der Waals surface area contributed by atoms with Gasteiger partial charge in [0.15, 0.2) is 5.13 Å². The molecule has 0 saturated heterocycles. The predicted octanol–water partition coefficient (Wildman–Crippen LogP) is 2.09. The van der Waals surface area contributed by atoms with Crippen molar-refractivity contribution in [1.82, 2.24) is 4.98 Å². The monoisotopic (exact) mass is 305 g/mol. The second-order valence-corrected chi connectivity index (χ2v) is 5.47. The van der Waals surface area contributed by atoms with E-state index < -0.39 is 5.97 Å². The lowest BCUT2D eigenvalue weighted by Crippen LogP contribution is -2.14. The van der Waals surface area contributed by atoms with Crippen molar-refractivity contribution >= 4 is 34.0 Å². The van der Waals surface area contributed by atoms with Crippen LogP contribution in [-0.4, -0.2) is 36.1 Å². The van der Waals surface area contributed by atoms with E-state index in [1.807, 2.05) is 31.1 Å². The molecular formula is C14H15N3O3S. The maximum Gasteiger partial charge on any atom is 0.309 e. The molecule has 1 aromatic carbocycles. The van der Waals surface area contributed by atoms with Gasteiger partial charge in [-0.2, -0.15) is 0 Å². The first-order valence-electron chi connectivity index (χ1n) is 6.20. The van der Waals surface area contributed by atoms with Crippen LogP contribution in [0.4, 0.5) is 10.8 Å². The summed E-state index contributed by atoms with van der Waals surface area (Å²) in [5, 5.41) is 13.4. The standard InChI is InChI=1S/C14H15N3O3S/c1-17(2)11-5-3-4-9(6-11)13(20)16-14-15-10(8-21-14)7-12(18)19/h3-6,8H,7H2,1-2H3,(H,18,19)(H,15,16,20). The molecule has 0 fully saturated rings. The number of benzene rings is 1. The highest BCUT2D eigenvalue weighted by molar-refractivity contribution is 7.14. The van der Waals surface area contributed by atoms with Gasteiger partial charge < -0.3 is 10.0 Å². The van der Waals surface area contributed by atoms with E-state index in [4.69, 9.17) is 5.11 Å². The van der Waals surface area contributed by atoms with Crippen LogP contribution in [0.25, 0.3) is 0 Å². The van der Waals surface area contributed by atoms with Crippen molar-refractivity contribution < 1.29 is 14.7 Å². The molecule has 2 aromatic rings. The molecule has 2 N–H and O–H groups in total. The van der Waals surface area contributed by atoms with E-state index in [0.29, 0.717) is 16.4 Å². The first kappa shape index (κ1) is 15.0. The van der Waals surface area contributed by atoms with Crippen LogP contribution in [0.2, 0.25) is 0 Å². The molecule has 0 saturated carbocycles. The largest absolute Gasteiger partial charge is 0.481 e. The summed E-state index contributed by atoms with van der Waals surface area (Å²) in [6, 6.07) is 7.21. The van der Waals surface area contributed by atoms with Gasteiger partial charge in [0.25, 0.3) is 5.91 Å². The van der Waals surface area contributed by atoms with Gasteiger partial charge >= 0.3 is 5.97 Å². The number of aromatic nitrogens is 1. The molecule has 0 aliphatic carbocycles. The highest BCUT2D eigenvalue weighted by Gasteiger charge is 2.11. The van der Waals surface area contributed by atoms with Gasteiger partial charge in [-0.1, -0.05) is 6.07 Å². The van der Waals surface area contributed by atoms with E-state index in [2.05, 4.69) is 10.3 Å². The molecule has 0 aliphatic heterocycles. The maximum atomic E-state index is 12.1. The fraction of sp³-hybridized carbons (Fsp3) is 0.214. The molecule has 110 valence electrons. The number of amides is 1. The average molecular weight is 305 g/mol. The predicted molar refractivity (Wildman–Crippen MR) is 82.2 cm³/mol.